The van der Waals surface area contributed by atoms with Gasteiger partial charge >= 0.3 is 0 Å². The molecule has 0 saturated carbocycles. The maximum atomic E-state index is 2.29. The monoisotopic (exact) mass is 194 g/mol. The van der Waals surface area contributed by atoms with Crippen molar-refractivity contribution in [3.63, 3.8) is 0 Å². The number of rotatable bonds is 2. The quantitative estimate of drug-likeness (QED) is 0.682. The lowest BCUT2D eigenvalue weighted by atomic mass is 9.87. The topological polar surface area (TPSA) is 0 Å². The van der Waals surface area contributed by atoms with Gasteiger partial charge in [-0.2, -0.15) is 11.8 Å². The second-order valence-corrected chi connectivity index (χ2v) is 5.34. The summed E-state index contributed by atoms with van der Waals surface area (Å²) in [6.45, 7) is 6.88. The second kappa shape index (κ2) is 4.19. The number of benzene rings is 1. The van der Waals surface area contributed by atoms with E-state index in [0.29, 0.717) is 10.7 Å². The van der Waals surface area contributed by atoms with E-state index in [1.807, 2.05) is 11.8 Å². The highest BCUT2D eigenvalue weighted by molar-refractivity contribution is 7.98. The van der Waals surface area contributed by atoms with Crippen molar-refractivity contribution in [3.8, 4) is 0 Å². The van der Waals surface area contributed by atoms with Gasteiger partial charge in [-0.05, 0) is 17.2 Å². The predicted molar refractivity (Wildman–Crippen MR) is 62.2 cm³/mol. The van der Waals surface area contributed by atoms with Gasteiger partial charge in [0, 0.05) is 5.25 Å². The first kappa shape index (κ1) is 10.6. The van der Waals surface area contributed by atoms with E-state index in [2.05, 4.69) is 57.4 Å². The lowest BCUT2D eigenvalue weighted by molar-refractivity contribution is 0.402. The molecule has 0 radical (unpaired) electrons. The zero-order chi connectivity index (χ0) is 9.90. The Morgan fingerprint density at radius 2 is 1.62 bits per heavy atom. The SMILES string of the molecule is CSC(c1ccccc1)C(C)(C)C. The third-order valence-electron chi connectivity index (χ3n) is 2.12. The molecular weight excluding hydrogens is 176 g/mol. The fraction of sp³-hybridized carbons (Fsp3) is 0.500. The van der Waals surface area contributed by atoms with E-state index in [9.17, 15) is 0 Å². The zero-order valence-electron chi connectivity index (χ0n) is 8.87. The molecule has 0 aliphatic rings. The molecule has 1 heteroatoms. The molecule has 1 atom stereocenters. The summed E-state index contributed by atoms with van der Waals surface area (Å²) in [6.07, 6.45) is 2.18. The van der Waals surface area contributed by atoms with Crippen LogP contribution in [0.1, 0.15) is 31.6 Å². The van der Waals surface area contributed by atoms with Gasteiger partial charge in [0.1, 0.15) is 0 Å². The highest BCUT2D eigenvalue weighted by Gasteiger charge is 2.24. The summed E-state index contributed by atoms with van der Waals surface area (Å²) < 4.78 is 0. The van der Waals surface area contributed by atoms with E-state index < -0.39 is 0 Å². The van der Waals surface area contributed by atoms with Gasteiger partial charge in [-0.25, -0.2) is 0 Å². The number of thioether (sulfide) groups is 1. The van der Waals surface area contributed by atoms with Gasteiger partial charge in [0.05, 0.1) is 0 Å². The van der Waals surface area contributed by atoms with Crippen molar-refractivity contribution in [2.75, 3.05) is 6.26 Å². The lowest BCUT2D eigenvalue weighted by Crippen LogP contribution is -2.14. The fourth-order valence-corrected chi connectivity index (χ4v) is 2.75. The molecule has 0 saturated heterocycles. The van der Waals surface area contributed by atoms with Gasteiger partial charge in [-0.15, -0.1) is 0 Å². The summed E-state index contributed by atoms with van der Waals surface area (Å²) >= 11 is 1.93. The molecule has 1 aromatic rings. The van der Waals surface area contributed by atoms with Gasteiger partial charge in [0.2, 0.25) is 0 Å². The largest absolute Gasteiger partial charge is 0.157 e. The smallest absolute Gasteiger partial charge is 0.0342 e. The van der Waals surface area contributed by atoms with Crippen LogP contribution in [-0.2, 0) is 0 Å². The van der Waals surface area contributed by atoms with Crippen molar-refractivity contribution in [3.05, 3.63) is 35.9 Å². The van der Waals surface area contributed by atoms with Crippen molar-refractivity contribution in [2.24, 2.45) is 5.41 Å². The minimum Gasteiger partial charge on any atom is -0.157 e. The number of hydrogen-bond donors (Lipinski definition) is 0. The first-order valence-electron chi connectivity index (χ1n) is 4.63. The molecule has 0 amide bonds. The van der Waals surface area contributed by atoms with Crippen LogP contribution in [0.25, 0.3) is 0 Å². The average molecular weight is 194 g/mol. The molecular formula is C12H18S. The van der Waals surface area contributed by atoms with Crippen LogP contribution in [0.3, 0.4) is 0 Å². The van der Waals surface area contributed by atoms with Gasteiger partial charge in [0.25, 0.3) is 0 Å². The molecule has 0 bridgehead atoms. The van der Waals surface area contributed by atoms with E-state index in [-0.39, 0.29) is 0 Å². The lowest BCUT2D eigenvalue weighted by Gasteiger charge is -2.29. The standard InChI is InChI=1S/C12H18S/c1-12(2,3)11(13-4)10-8-6-5-7-9-10/h5-9,11H,1-4H3. The summed E-state index contributed by atoms with van der Waals surface area (Å²) in [7, 11) is 0. The molecule has 0 aliphatic heterocycles. The Morgan fingerprint density at radius 1 is 1.08 bits per heavy atom. The summed E-state index contributed by atoms with van der Waals surface area (Å²) in [4.78, 5) is 0. The van der Waals surface area contributed by atoms with E-state index in [0.717, 1.165) is 0 Å². The molecule has 0 N–H and O–H groups in total. The predicted octanol–water partition coefficient (Wildman–Crippen LogP) is 4.14. The molecule has 0 nitrogen and oxygen atoms in total. The summed E-state index contributed by atoms with van der Waals surface area (Å²) in [6, 6.07) is 10.7. The van der Waals surface area contributed by atoms with Crippen LogP contribution < -0.4 is 0 Å². The molecule has 0 heterocycles. The van der Waals surface area contributed by atoms with Crippen molar-refractivity contribution in [1.29, 1.82) is 0 Å². The Bertz CT molecular complexity index is 246. The van der Waals surface area contributed by atoms with Crippen LogP contribution in [0.15, 0.2) is 30.3 Å². The molecule has 1 rings (SSSR count). The summed E-state index contributed by atoms with van der Waals surface area (Å²) in [5, 5.41) is 0.591. The highest BCUT2D eigenvalue weighted by atomic mass is 32.2. The molecule has 13 heavy (non-hydrogen) atoms. The van der Waals surface area contributed by atoms with Crippen molar-refractivity contribution >= 4 is 11.8 Å². The van der Waals surface area contributed by atoms with E-state index in [4.69, 9.17) is 0 Å². The van der Waals surface area contributed by atoms with E-state index >= 15 is 0 Å². The maximum Gasteiger partial charge on any atom is 0.0342 e. The molecule has 0 aromatic heterocycles. The molecule has 0 spiro atoms. The Morgan fingerprint density at radius 3 is 2.00 bits per heavy atom. The van der Waals surface area contributed by atoms with Crippen LogP contribution >= 0.6 is 11.8 Å². The Hall–Kier alpha value is -0.430. The third kappa shape index (κ3) is 2.77. The molecule has 1 unspecified atom stereocenters. The fourth-order valence-electron chi connectivity index (χ4n) is 1.62. The maximum absolute atomic E-state index is 2.29. The van der Waals surface area contributed by atoms with Crippen LogP contribution in [0.5, 0.6) is 0 Å². The van der Waals surface area contributed by atoms with Gasteiger partial charge < -0.3 is 0 Å². The van der Waals surface area contributed by atoms with Crippen molar-refractivity contribution in [2.45, 2.75) is 26.0 Å². The van der Waals surface area contributed by atoms with Crippen molar-refractivity contribution < 1.29 is 0 Å². The molecule has 1 aromatic carbocycles. The normalized spacial score (nSPS) is 14.2. The van der Waals surface area contributed by atoms with Gasteiger partial charge in [-0.3, -0.25) is 0 Å². The first-order valence-corrected chi connectivity index (χ1v) is 5.92. The minimum atomic E-state index is 0.334. The van der Waals surface area contributed by atoms with Crippen LogP contribution in [-0.4, -0.2) is 6.26 Å². The molecule has 72 valence electrons. The Labute approximate surface area is 85.7 Å². The highest BCUT2D eigenvalue weighted by Crippen LogP contribution is 2.42. The van der Waals surface area contributed by atoms with Crippen molar-refractivity contribution in [1.82, 2.24) is 0 Å². The minimum absolute atomic E-state index is 0.334. The third-order valence-corrected chi connectivity index (χ3v) is 3.58. The summed E-state index contributed by atoms with van der Waals surface area (Å²) in [5.41, 5.74) is 1.77. The number of hydrogen-bond acceptors (Lipinski definition) is 1. The van der Waals surface area contributed by atoms with Crippen LogP contribution in [0, 0.1) is 5.41 Å². The zero-order valence-corrected chi connectivity index (χ0v) is 9.69. The average Bonchev–Trinajstić information content (AvgIpc) is 2.05. The molecule has 0 aliphatic carbocycles. The first-order chi connectivity index (χ1) is 6.05. The van der Waals surface area contributed by atoms with Gasteiger partial charge in [0.15, 0.2) is 0 Å². The second-order valence-electron chi connectivity index (χ2n) is 4.39. The van der Waals surface area contributed by atoms with Crippen LogP contribution in [0.2, 0.25) is 0 Å². The van der Waals surface area contributed by atoms with Gasteiger partial charge in [-0.1, -0.05) is 51.1 Å². The Balaban J connectivity index is 2.92. The summed E-state index contributed by atoms with van der Waals surface area (Å²) in [5.74, 6) is 0. The van der Waals surface area contributed by atoms with Crippen LogP contribution in [0.4, 0.5) is 0 Å². The Kier molecular flexibility index (Phi) is 3.43. The van der Waals surface area contributed by atoms with E-state index in [1.54, 1.807) is 0 Å². The van der Waals surface area contributed by atoms with E-state index in [1.165, 1.54) is 5.56 Å². The molecule has 0 fully saturated rings.